The van der Waals surface area contributed by atoms with Crippen LogP contribution in [0.5, 0.6) is 0 Å². The van der Waals surface area contributed by atoms with Crippen molar-refractivity contribution in [3.05, 3.63) is 53.9 Å². The number of carbonyl (C=O) groups excluding carboxylic acids is 1. The number of nitrogens with zero attached hydrogens (tertiary/aromatic N) is 1. The molecule has 2 aromatic rings. The highest BCUT2D eigenvalue weighted by atomic mass is 32.2. The molecular weight excluding hydrogens is 352 g/mol. The van der Waals surface area contributed by atoms with E-state index in [9.17, 15) is 13.2 Å². The van der Waals surface area contributed by atoms with Crippen LogP contribution >= 0.6 is 0 Å². The maximum absolute atomic E-state index is 12.1. The first-order valence-corrected chi connectivity index (χ1v) is 9.73. The van der Waals surface area contributed by atoms with E-state index in [2.05, 4.69) is 15.6 Å². The highest BCUT2D eigenvalue weighted by Crippen LogP contribution is 2.13. The van der Waals surface area contributed by atoms with Gasteiger partial charge >= 0.3 is 0 Å². The normalized spacial score (nSPS) is 11.8. The average molecular weight is 376 g/mol. The first-order valence-electron chi connectivity index (χ1n) is 8.19. The van der Waals surface area contributed by atoms with Crippen LogP contribution in [0.15, 0.2) is 47.5 Å². The summed E-state index contributed by atoms with van der Waals surface area (Å²) >= 11 is 0. The fraction of sp³-hybridized carbons (Fsp3) is 0.333. The molecule has 0 spiro atoms. The van der Waals surface area contributed by atoms with Crippen LogP contribution in [0.25, 0.3) is 0 Å². The van der Waals surface area contributed by atoms with Crippen molar-refractivity contribution >= 4 is 21.6 Å². The monoisotopic (exact) mass is 376 g/mol. The summed E-state index contributed by atoms with van der Waals surface area (Å²) in [6, 6.07) is 9.75. The van der Waals surface area contributed by atoms with Crippen molar-refractivity contribution in [1.82, 2.24) is 10.3 Å². The lowest BCUT2D eigenvalue weighted by Crippen LogP contribution is -2.27. The van der Waals surface area contributed by atoms with Gasteiger partial charge in [-0.25, -0.2) is 18.5 Å². The second-order valence-electron chi connectivity index (χ2n) is 7.00. The molecule has 140 valence electrons. The van der Waals surface area contributed by atoms with E-state index in [1.54, 1.807) is 24.4 Å². The number of benzene rings is 1. The van der Waals surface area contributed by atoms with E-state index >= 15 is 0 Å². The Labute approximate surface area is 154 Å². The molecule has 1 aromatic carbocycles. The smallest absolute Gasteiger partial charge is 0.269 e. The zero-order chi connectivity index (χ0) is 19.4. The van der Waals surface area contributed by atoms with E-state index < -0.39 is 10.0 Å². The van der Waals surface area contributed by atoms with Crippen LogP contribution in [0.4, 0.5) is 5.69 Å². The van der Waals surface area contributed by atoms with Crippen molar-refractivity contribution in [1.29, 1.82) is 0 Å². The third-order valence-electron chi connectivity index (χ3n) is 3.47. The Morgan fingerprint density at radius 1 is 1.12 bits per heavy atom. The third kappa shape index (κ3) is 6.12. The predicted molar refractivity (Wildman–Crippen MR) is 101 cm³/mol. The molecule has 0 bridgehead atoms. The summed E-state index contributed by atoms with van der Waals surface area (Å²) in [6.07, 6.45) is 2.20. The molecule has 0 saturated carbocycles. The number of hydrogen-bond acceptors (Lipinski definition) is 5. The Balaban J connectivity index is 1.87. The van der Waals surface area contributed by atoms with Gasteiger partial charge in [-0.15, -0.1) is 0 Å². The largest absolute Gasteiger partial charge is 0.379 e. The fourth-order valence-corrected chi connectivity index (χ4v) is 2.81. The second kappa shape index (κ2) is 7.84. The van der Waals surface area contributed by atoms with Gasteiger partial charge in [0.1, 0.15) is 5.69 Å². The van der Waals surface area contributed by atoms with Crippen LogP contribution in [-0.2, 0) is 16.4 Å². The molecule has 2 rings (SSSR count). The van der Waals surface area contributed by atoms with E-state index in [0.717, 1.165) is 11.3 Å². The van der Waals surface area contributed by atoms with Crippen LogP contribution in [0.2, 0.25) is 0 Å². The van der Waals surface area contributed by atoms with E-state index in [1.165, 1.54) is 12.1 Å². The first kappa shape index (κ1) is 19.9. The SMILES string of the molecule is CC(C)(C)Nc1ccc(C(=O)NCCc2ccc(S(N)(=O)=O)cc2)nc1. The van der Waals surface area contributed by atoms with E-state index in [1.807, 2.05) is 26.8 Å². The molecule has 0 fully saturated rings. The van der Waals surface area contributed by atoms with Crippen LogP contribution in [0.1, 0.15) is 36.8 Å². The quantitative estimate of drug-likeness (QED) is 0.712. The van der Waals surface area contributed by atoms with Crippen LogP contribution in [0, 0.1) is 0 Å². The van der Waals surface area contributed by atoms with Gasteiger partial charge < -0.3 is 10.6 Å². The fourth-order valence-electron chi connectivity index (χ4n) is 2.29. The van der Waals surface area contributed by atoms with E-state index in [-0.39, 0.29) is 16.3 Å². The van der Waals surface area contributed by atoms with Gasteiger partial charge in [-0.2, -0.15) is 0 Å². The number of amides is 1. The molecule has 0 saturated heterocycles. The van der Waals surface area contributed by atoms with Crippen LogP contribution in [0.3, 0.4) is 0 Å². The number of carbonyl (C=O) groups is 1. The van der Waals surface area contributed by atoms with Gasteiger partial charge in [0.25, 0.3) is 5.91 Å². The van der Waals surface area contributed by atoms with Crippen molar-refractivity contribution in [2.45, 2.75) is 37.6 Å². The summed E-state index contributed by atoms with van der Waals surface area (Å²) in [5.74, 6) is -0.256. The molecule has 0 atom stereocenters. The summed E-state index contributed by atoms with van der Waals surface area (Å²) < 4.78 is 22.4. The molecule has 0 aliphatic carbocycles. The number of anilines is 1. The highest BCUT2D eigenvalue weighted by molar-refractivity contribution is 7.89. The van der Waals surface area contributed by atoms with E-state index in [0.29, 0.717) is 18.7 Å². The molecular formula is C18H24N4O3S. The zero-order valence-electron chi connectivity index (χ0n) is 15.1. The molecule has 1 amide bonds. The summed E-state index contributed by atoms with van der Waals surface area (Å²) in [5, 5.41) is 11.1. The molecule has 1 aromatic heterocycles. The maximum Gasteiger partial charge on any atom is 0.269 e. The maximum atomic E-state index is 12.1. The molecule has 4 N–H and O–H groups in total. The lowest BCUT2D eigenvalue weighted by atomic mass is 10.1. The molecule has 1 heterocycles. The van der Waals surface area contributed by atoms with Crippen molar-refractivity contribution in [3.63, 3.8) is 0 Å². The number of nitrogens with one attached hydrogen (secondary N) is 2. The molecule has 0 unspecified atom stereocenters. The van der Waals surface area contributed by atoms with Gasteiger partial charge in [-0.1, -0.05) is 12.1 Å². The Morgan fingerprint density at radius 3 is 2.27 bits per heavy atom. The van der Waals surface area contributed by atoms with Crippen LogP contribution < -0.4 is 15.8 Å². The number of sulfonamides is 1. The standard InChI is InChI=1S/C18H24N4O3S/c1-18(2,3)22-14-6-9-16(21-12-14)17(23)20-11-10-13-4-7-15(8-5-13)26(19,24)25/h4-9,12,22H,10-11H2,1-3H3,(H,20,23)(H2,19,24,25). The predicted octanol–water partition coefficient (Wildman–Crippen LogP) is 1.91. The Bertz CT molecular complexity index is 855. The van der Waals surface area contributed by atoms with Crippen molar-refractivity contribution in [2.75, 3.05) is 11.9 Å². The van der Waals surface area contributed by atoms with Gasteiger partial charge in [-0.05, 0) is 57.0 Å². The number of primary sulfonamides is 1. The minimum atomic E-state index is -3.69. The first-order chi connectivity index (χ1) is 12.0. The third-order valence-corrected chi connectivity index (χ3v) is 4.40. The summed E-state index contributed by atoms with van der Waals surface area (Å²) in [4.78, 5) is 16.4. The average Bonchev–Trinajstić information content (AvgIpc) is 2.53. The van der Waals surface area contributed by atoms with E-state index in [4.69, 9.17) is 5.14 Å². The van der Waals surface area contributed by atoms with Gasteiger partial charge in [-0.3, -0.25) is 4.79 Å². The van der Waals surface area contributed by atoms with Gasteiger partial charge in [0.15, 0.2) is 0 Å². The molecule has 7 nitrogen and oxygen atoms in total. The minimum absolute atomic E-state index is 0.0680. The number of rotatable bonds is 6. The summed E-state index contributed by atoms with van der Waals surface area (Å²) in [5.41, 5.74) is 2.01. The van der Waals surface area contributed by atoms with Gasteiger partial charge in [0, 0.05) is 12.1 Å². The van der Waals surface area contributed by atoms with Gasteiger partial charge in [0.2, 0.25) is 10.0 Å². The molecule has 26 heavy (non-hydrogen) atoms. The minimum Gasteiger partial charge on any atom is -0.379 e. The lowest BCUT2D eigenvalue weighted by Gasteiger charge is -2.21. The van der Waals surface area contributed by atoms with Crippen molar-refractivity contribution in [3.8, 4) is 0 Å². The molecule has 8 heteroatoms. The topological polar surface area (TPSA) is 114 Å². The summed E-state index contributed by atoms with van der Waals surface area (Å²) in [7, 11) is -3.69. The Kier molecular flexibility index (Phi) is 5.99. The zero-order valence-corrected chi connectivity index (χ0v) is 15.9. The number of pyridine rings is 1. The molecule has 0 radical (unpaired) electrons. The van der Waals surface area contributed by atoms with Crippen molar-refractivity contribution < 1.29 is 13.2 Å². The molecule has 0 aliphatic heterocycles. The Hall–Kier alpha value is -2.45. The number of aromatic nitrogens is 1. The Morgan fingerprint density at radius 2 is 1.77 bits per heavy atom. The summed E-state index contributed by atoms with van der Waals surface area (Å²) in [6.45, 7) is 6.55. The van der Waals surface area contributed by atoms with Crippen molar-refractivity contribution in [2.24, 2.45) is 5.14 Å². The van der Waals surface area contributed by atoms with Crippen LogP contribution in [-0.4, -0.2) is 31.4 Å². The highest BCUT2D eigenvalue weighted by Gasteiger charge is 2.11. The number of hydrogen-bond donors (Lipinski definition) is 3. The number of nitrogens with two attached hydrogens (primary N) is 1. The van der Waals surface area contributed by atoms with Gasteiger partial charge in [0.05, 0.1) is 16.8 Å². The second-order valence-corrected chi connectivity index (χ2v) is 8.56. The molecule has 0 aliphatic rings. The lowest BCUT2D eigenvalue weighted by molar-refractivity contribution is 0.0949.